The molecule has 0 fully saturated rings. The van der Waals surface area contributed by atoms with Crippen LogP contribution in [0.3, 0.4) is 0 Å². The lowest BCUT2D eigenvalue weighted by Crippen LogP contribution is -2.10. The lowest BCUT2D eigenvalue weighted by Gasteiger charge is -2.06. The van der Waals surface area contributed by atoms with Crippen LogP contribution < -0.4 is 5.32 Å². The lowest BCUT2D eigenvalue weighted by molar-refractivity contribution is 0.0920. The molecular weight excluding hydrogens is 178 g/mol. The van der Waals surface area contributed by atoms with E-state index >= 15 is 0 Å². The second-order valence-electron chi connectivity index (χ2n) is 3.34. The summed E-state index contributed by atoms with van der Waals surface area (Å²) in [6.45, 7) is 4.04. The maximum Gasteiger partial charge on any atom is 0.244 e. The highest BCUT2D eigenvalue weighted by atomic mass is 16.1. The fourth-order valence-electron chi connectivity index (χ4n) is 1.13. The Morgan fingerprint density at radius 2 is 2.43 bits per heavy atom. The maximum absolute atomic E-state index is 11.3. The number of nitrogens with zero attached hydrogens (tertiary/aromatic N) is 2. The van der Waals surface area contributed by atoms with E-state index in [1.807, 2.05) is 26.0 Å². The first-order valence-corrected chi connectivity index (χ1v) is 4.48. The van der Waals surface area contributed by atoms with Crippen molar-refractivity contribution in [3.63, 3.8) is 0 Å². The van der Waals surface area contributed by atoms with Crippen molar-refractivity contribution >= 4 is 11.6 Å². The van der Waals surface area contributed by atoms with Crippen LogP contribution in [-0.4, -0.2) is 16.5 Å². The Bertz CT molecular complexity index is 360. The molecule has 1 rings (SSSR count). The van der Waals surface area contributed by atoms with Gasteiger partial charge in [0.1, 0.15) is 6.42 Å². The van der Waals surface area contributed by atoms with Crippen LogP contribution >= 0.6 is 0 Å². The van der Waals surface area contributed by atoms with Crippen LogP contribution in [0.25, 0.3) is 0 Å². The molecule has 1 N–H and O–H groups in total. The first kappa shape index (κ1) is 10.3. The van der Waals surface area contributed by atoms with E-state index < -0.39 is 0 Å². The minimum absolute atomic E-state index is 0.0875. The van der Waals surface area contributed by atoms with Gasteiger partial charge in [0.2, 0.25) is 5.91 Å². The molecular formula is C10H13N3O. The van der Waals surface area contributed by atoms with Gasteiger partial charge in [-0.15, -0.1) is 0 Å². The van der Waals surface area contributed by atoms with Crippen molar-refractivity contribution in [1.82, 2.24) is 4.57 Å². The van der Waals surface area contributed by atoms with E-state index in [4.69, 9.17) is 5.26 Å². The van der Waals surface area contributed by atoms with Crippen molar-refractivity contribution < 1.29 is 4.79 Å². The summed E-state index contributed by atoms with van der Waals surface area (Å²) < 4.78 is 1.42. The molecule has 74 valence electrons. The number of hydrogen-bond acceptors (Lipinski definition) is 3. The molecule has 0 atom stereocenters. The molecule has 0 aliphatic carbocycles. The highest BCUT2D eigenvalue weighted by molar-refractivity contribution is 5.81. The van der Waals surface area contributed by atoms with E-state index in [2.05, 4.69) is 5.32 Å². The number of aromatic nitrogens is 1. The molecule has 0 radical (unpaired) electrons. The van der Waals surface area contributed by atoms with E-state index in [9.17, 15) is 4.79 Å². The van der Waals surface area contributed by atoms with Crippen LogP contribution in [0.1, 0.15) is 25.1 Å². The molecule has 0 spiro atoms. The Labute approximate surface area is 83.1 Å². The summed E-state index contributed by atoms with van der Waals surface area (Å²) in [5.74, 6) is -0.204. The molecule has 0 unspecified atom stereocenters. The van der Waals surface area contributed by atoms with Crippen molar-refractivity contribution in [2.75, 3.05) is 5.32 Å². The van der Waals surface area contributed by atoms with E-state index in [0.717, 1.165) is 5.69 Å². The zero-order chi connectivity index (χ0) is 10.6. The third-order valence-corrected chi connectivity index (χ3v) is 1.67. The molecule has 1 aromatic heterocycles. The Morgan fingerprint density at radius 1 is 1.71 bits per heavy atom. The van der Waals surface area contributed by atoms with Gasteiger partial charge in [0.15, 0.2) is 0 Å². The fourth-order valence-corrected chi connectivity index (χ4v) is 1.13. The summed E-state index contributed by atoms with van der Waals surface area (Å²) in [6, 6.07) is 3.97. The number of hydrogen-bond donors (Lipinski definition) is 1. The van der Waals surface area contributed by atoms with Crippen LogP contribution in [0.15, 0.2) is 18.5 Å². The highest BCUT2D eigenvalue weighted by Gasteiger charge is 2.04. The minimum atomic E-state index is -0.204. The van der Waals surface area contributed by atoms with Crippen molar-refractivity contribution in [2.24, 2.45) is 0 Å². The fraction of sp³-hybridized carbons (Fsp3) is 0.400. The summed E-state index contributed by atoms with van der Waals surface area (Å²) in [4.78, 5) is 11.3. The van der Waals surface area contributed by atoms with Gasteiger partial charge < -0.3 is 5.32 Å². The molecule has 14 heavy (non-hydrogen) atoms. The van der Waals surface area contributed by atoms with E-state index in [-0.39, 0.29) is 12.3 Å². The summed E-state index contributed by atoms with van der Waals surface area (Å²) in [5.41, 5.74) is 0.895. The summed E-state index contributed by atoms with van der Waals surface area (Å²) >= 11 is 0. The van der Waals surface area contributed by atoms with E-state index in [0.29, 0.717) is 6.04 Å². The van der Waals surface area contributed by atoms with Crippen LogP contribution in [0.2, 0.25) is 0 Å². The first-order valence-electron chi connectivity index (χ1n) is 4.48. The summed E-state index contributed by atoms with van der Waals surface area (Å²) in [6.07, 6.45) is 3.26. The quantitative estimate of drug-likeness (QED) is 0.793. The SMILES string of the molecule is CC(C)Nc1ccn(C(=O)CC#N)c1. The number of nitriles is 1. The van der Waals surface area contributed by atoms with Gasteiger partial charge in [-0.2, -0.15) is 5.26 Å². The number of carbonyl (C=O) groups excluding carboxylic acids is 1. The molecule has 0 aliphatic rings. The summed E-state index contributed by atoms with van der Waals surface area (Å²) in [5, 5.41) is 11.5. The number of carbonyl (C=O) groups is 1. The zero-order valence-corrected chi connectivity index (χ0v) is 8.32. The van der Waals surface area contributed by atoms with Crippen LogP contribution in [0.5, 0.6) is 0 Å². The maximum atomic E-state index is 11.3. The van der Waals surface area contributed by atoms with Gasteiger partial charge in [0.25, 0.3) is 0 Å². The molecule has 0 bridgehead atoms. The monoisotopic (exact) mass is 191 g/mol. The molecule has 0 aromatic carbocycles. The third-order valence-electron chi connectivity index (χ3n) is 1.67. The molecule has 1 aromatic rings. The van der Waals surface area contributed by atoms with E-state index in [1.54, 1.807) is 12.4 Å². The molecule has 4 nitrogen and oxygen atoms in total. The Morgan fingerprint density at radius 3 is 3.00 bits per heavy atom. The zero-order valence-electron chi connectivity index (χ0n) is 8.32. The third kappa shape index (κ3) is 2.63. The van der Waals surface area contributed by atoms with Crippen LogP contribution in [-0.2, 0) is 0 Å². The highest BCUT2D eigenvalue weighted by Crippen LogP contribution is 2.09. The molecule has 1 heterocycles. The van der Waals surface area contributed by atoms with Gasteiger partial charge in [0.05, 0.1) is 11.8 Å². The second kappa shape index (κ2) is 4.47. The number of nitrogens with one attached hydrogen (secondary N) is 1. The van der Waals surface area contributed by atoms with Gasteiger partial charge in [-0.1, -0.05) is 0 Å². The Kier molecular flexibility index (Phi) is 3.29. The predicted molar refractivity (Wildman–Crippen MR) is 54.0 cm³/mol. The molecule has 0 amide bonds. The Balaban J connectivity index is 2.69. The molecule has 0 aliphatic heterocycles. The summed E-state index contributed by atoms with van der Waals surface area (Å²) in [7, 11) is 0. The second-order valence-corrected chi connectivity index (χ2v) is 3.34. The largest absolute Gasteiger partial charge is 0.382 e. The first-order chi connectivity index (χ1) is 6.63. The van der Waals surface area contributed by atoms with Crippen molar-refractivity contribution in [2.45, 2.75) is 26.3 Å². The van der Waals surface area contributed by atoms with Crippen molar-refractivity contribution in [3.05, 3.63) is 18.5 Å². The molecule has 0 saturated heterocycles. The van der Waals surface area contributed by atoms with Gasteiger partial charge in [-0.3, -0.25) is 9.36 Å². The van der Waals surface area contributed by atoms with Crippen LogP contribution in [0, 0.1) is 11.3 Å². The number of rotatable bonds is 3. The van der Waals surface area contributed by atoms with Crippen molar-refractivity contribution in [3.8, 4) is 6.07 Å². The topological polar surface area (TPSA) is 57.8 Å². The normalized spacial score (nSPS) is 9.86. The Hall–Kier alpha value is -1.76. The average molecular weight is 191 g/mol. The number of anilines is 1. The van der Waals surface area contributed by atoms with Crippen LogP contribution in [0.4, 0.5) is 5.69 Å². The average Bonchev–Trinajstić information content (AvgIpc) is 2.52. The molecule has 4 heteroatoms. The van der Waals surface area contributed by atoms with Gasteiger partial charge in [0, 0.05) is 18.4 Å². The predicted octanol–water partition coefficient (Wildman–Crippen LogP) is 1.86. The minimum Gasteiger partial charge on any atom is -0.382 e. The van der Waals surface area contributed by atoms with Gasteiger partial charge >= 0.3 is 0 Å². The lowest BCUT2D eigenvalue weighted by atomic mass is 10.4. The molecule has 0 saturated carbocycles. The van der Waals surface area contributed by atoms with Gasteiger partial charge in [-0.05, 0) is 19.9 Å². The van der Waals surface area contributed by atoms with Crippen molar-refractivity contribution in [1.29, 1.82) is 5.26 Å². The smallest absolute Gasteiger partial charge is 0.244 e. The van der Waals surface area contributed by atoms with Gasteiger partial charge in [-0.25, -0.2) is 0 Å². The standard InChI is InChI=1S/C10H13N3O/c1-8(2)12-9-4-6-13(7-9)10(14)3-5-11/h4,6-8,12H,3H2,1-2H3. The van der Waals surface area contributed by atoms with E-state index in [1.165, 1.54) is 4.57 Å².